The van der Waals surface area contributed by atoms with Crippen molar-refractivity contribution < 1.29 is 17.9 Å². The van der Waals surface area contributed by atoms with Gasteiger partial charge in [-0.1, -0.05) is 18.2 Å². The van der Waals surface area contributed by atoms with E-state index in [4.69, 9.17) is 4.74 Å². The number of para-hydroxylation sites is 1. The quantitative estimate of drug-likeness (QED) is 0.832. The number of anilines is 2. The highest BCUT2D eigenvalue weighted by Gasteiger charge is 2.34. The van der Waals surface area contributed by atoms with Gasteiger partial charge >= 0.3 is 5.97 Å². The molecule has 1 atom stereocenters. The fraction of sp³-hybridized carbons (Fsp3) is 0.333. The Hall–Kier alpha value is -1.93. The van der Waals surface area contributed by atoms with Gasteiger partial charge in [-0.15, -0.1) is 11.3 Å². The molecule has 1 aliphatic rings. The predicted molar refractivity (Wildman–Crippen MR) is 88.4 cm³/mol. The van der Waals surface area contributed by atoms with Gasteiger partial charge in [-0.2, -0.15) is 0 Å². The summed E-state index contributed by atoms with van der Waals surface area (Å²) in [5.74, 6) is -1.05. The zero-order valence-corrected chi connectivity index (χ0v) is 13.9. The molecular weight excluding hydrogens is 336 g/mol. The molecule has 1 N–H and O–H groups in total. The summed E-state index contributed by atoms with van der Waals surface area (Å²) in [4.78, 5) is 16.2. The minimum atomic E-state index is -3.08. The van der Waals surface area contributed by atoms with Crippen LogP contribution in [0.15, 0.2) is 35.7 Å². The van der Waals surface area contributed by atoms with E-state index in [1.807, 2.05) is 35.7 Å². The van der Waals surface area contributed by atoms with Crippen molar-refractivity contribution in [1.29, 1.82) is 0 Å². The lowest BCUT2D eigenvalue weighted by Crippen LogP contribution is -2.18. The van der Waals surface area contributed by atoms with E-state index in [9.17, 15) is 13.2 Å². The second kappa shape index (κ2) is 6.67. The number of esters is 1. The summed E-state index contributed by atoms with van der Waals surface area (Å²) in [5.41, 5.74) is 1.57. The largest absolute Gasteiger partial charge is 0.459 e. The van der Waals surface area contributed by atoms with E-state index in [1.165, 1.54) is 11.3 Å². The Bertz CT molecular complexity index is 787. The van der Waals surface area contributed by atoms with E-state index in [0.717, 1.165) is 5.69 Å². The van der Waals surface area contributed by atoms with Gasteiger partial charge in [0.1, 0.15) is 6.61 Å². The molecule has 1 aliphatic heterocycles. The first-order chi connectivity index (χ1) is 11.0. The topological polar surface area (TPSA) is 85.4 Å². The number of nitrogens with one attached hydrogen (secondary N) is 1. The van der Waals surface area contributed by atoms with Gasteiger partial charge < -0.3 is 10.1 Å². The van der Waals surface area contributed by atoms with E-state index >= 15 is 0 Å². The molecule has 0 amide bonds. The van der Waals surface area contributed by atoms with Crippen LogP contribution in [0.1, 0.15) is 12.1 Å². The first kappa shape index (κ1) is 15.9. The van der Waals surface area contributed by atoms with Crippen LogP contribution < -0.4 is 5.32 Å². The number of benzene rings is 1. The van der Waals surface area contributed by atoms with Crippen LogP contribution in [0.3, 0.4) is 0 Å². The Morgan fingerprint density at radius 2 is 2.13 bits per heavy atom. The number of rotatable bonds is 5. The van der Waals surface area contributed by atoms with Gasteiger partial charge in [0.2, 0.25) is 0 Å². The summed E-state index contributed by atoms with van der Waals surface area (Å²) in [6.07, 6.45) is 0.346. The van der Waals surface area contributed by atoms with Crippen LogP contribution in [0.4, 0.5) is 10.8 Å². The number of sulfone groups is 1. The molecule has 2 aromatic rings. The maximum absolute atomic E-state index is 11.9. The average molecular weight is 352 g/mol. The second-order valence-corrected chi connectivity index (χ2v) is 8.43. The number of hydrogen-bond donors (Lipinski definition) is 1. The lowest BCUT2D eigenvalue weighted by molar-refractivity contribution is -0.149. The number of hydrogen-bond acceptors (Lipinski definition) is 7. The molecule has 23 heavy (non-hydrogen) atoms. The summed E-state index contributed by atoms with van der Waals surface area (Å²) in [6.45, 7) is 0.0579. The van der Waals surface area contributed by atoms with Crippen LogP contribution >= 0.6 is 11.3 Å². The molecule has 0 saturated carbocycles. The summed E-state index contributed by atoms with van der Waals surface area (Å²) < 4.78 is 27.9. The molecule has 1 saturated heterocycles. The molecule has 0 bridgehead atoms. The number of carbonyl (C=O) groups excluding carboxylic acids is 1. The van der Waals surface area contributed by atoms with Crippen LogP contribution in [-0.2, 0) is 26.0 Å². The summed E-state index contributed by atoms with van der Waals surface area (Å²) in [7, 11) is -3.08. The van der Waals surface area contributed by atoms with E-state index < -0.39 is 21.7 Å². The van der Waals surface area contributed by atoms with Crippen LogP contribution in [0.25, 0.3) is 0 Å². The fourth-order valence-electron chi connectivity index (χ4n) is 2.32. The Morgan fingerprint density at radius 1 is 1.35 bits per heavy atom. The van der Waals surface area contributed by atoms with Gasteiger partial charge in [-0.05, 0) is 18.6 Å². The minimum Gasteiger partial charge on any atom is -0.459 e. The molecular formula is C15H16N2O4S2. The van der Waals surface area contributed by atoms with Crippen molar-refractivity contribution in [2.24, 2.45) is 5.92 Å². The monoisotopic (exact) mass is 352 g/mol. The van der Waals surface area contributed by atoms with E-state index in [0.29, 0.717) is 17.2 Å². The van der Waals surface area contributed by atoms with Gasteiger partial charge in [-0.3, -0.25) is 4.79 Å². The normalized spacial score (nSPS) is 19.4. The molecule has 0 spiro atoms. The molecule has 2 heterocycles. The molecule has 0 aliphatic carbocycles. The Morgan fingerprint density at radius 3 is 2.83 bits per heavy atom. The highest BCUT2D eigenvalue weighted by Crippen LogP contribution is 2.23. The minimum absolute atomic E-state index is 0.0579. The Kier molecular flexibility index (Phi) is 4.63. The van der Waals surface area contributed by atoms with Gasteiger partial charge in [0.15, 0.2) is 15.0 Å². The first-order valence-corrected chi connectivity index (χ1v) is 9.85. The fourth-order valence-corrected chi connectivity index (χ4v) is 4.76. The number of nitrogens with zero attached hydrogens (tertiary/aromatic N) is 1. The molecule has 6 nitrogen and oxygen atoms in total. The second-order valence-electron chi connectivity index (χ2n) is 5.34. The van der Waals surface area contributed by atoms with Crippen LogP contribution in [0.5, 0.6) is 0 Å². The summed E-state index contributed by atoms with van der Waals surface area (Å²) in [5, 5.41) is 5.69. The standard InChI is InChI=1S/C15H16N2O4S2/c18-14(11-6-7-23(19,20)10-11)21-8-13-9-22-15(17-13)16-12-4-2-1-3-5-12/h1-5,9,11H,6-8,10H2,(H,16,17)/t11-/m0/s1. The van der Waals surface area contributed by atoms with Crippen molar-refractivity contribution in [3.05, 3.63) is 41.4 Å². The first-order valence-electron chi connectivity index (χ1n) is 7.15. The number of aromatic nitrogens is 1. The van der Waals surface area contributed by atoms with Crippen molar-refractivity contribution in [3.63, 3.8) is 0 Å². The summed E-state index contributed by atoms with van der Waals surface area (Å²) in [6, 6.07) is 9.65. The highest BCUT2D eigenvalue weighted by molar-refractivity contribution is 7.91. The number of carbonyl (C=O) groups is 1. The maximum atomic E-state index is 11.9. The third-order valence-electron chi connectivity index (χ3n) is 3.50. The third kappa shape index (κ3) is 4.29. The average Bonchev–Trinajstić information content (AvgIpc) is 3.12. The predicted octanol–water partition coefficient (Wildman–Crippen LogP) is 2.36. The van der Waals surface area contributed by atoms with Crippen LogP contribution in [0, 0.1) is 5.92 Å². The molecule has 1 aromatic carbocycles. The van der Waals surface area contributed by atoms with Crippen molar-refractivity contribution in [3.8, 4) is 0 Å². The molecule has 0 unspecified atom stereocenters. The van der Waals surface area contributed by atoms with Gasteiger partial charge in [-0.25, -0.2) is 13.4 Å². The molecule has 0 radical (unpaired) electrons. The maximum Gasteiger partial charge on any atom is 0.310 e. The molecule has 3 rings (SSSR count). The highest BCUT2D eigenvalue weighted by atomic mass is 32.2. The van der Waals surface area contributed by atoms with Gasteiger partial charge in [0.25, 0.3) is 0 Å². The van der Waals surface area contributed by atoms with Crippen molar-refractivity contribution in [2.75, 3.05) is 16.8 Å². The third-order valence-corrected chi connectivity index (χ3v) is 6.08. The zero-order chi connectivity index (χ0) is 16.3. The molecule has 8 heteroatoms. The van der Waals surface area contributed by atoms with E-state index in [1.54, 1.807) is 0 Å². The van der Waals surface area contributed by atoms with E-state index in [2.05, 4.69) is 10.3 Å². The zero-order valence-electron chi connectivity index (χ0n) is 12.3. The van der Waals surface area contributed by atoms with Crippen molar-refractivity contribution in [1.82, 2.24) is 4.98 Å². The number of ether oxygens (including phenoxy) is 1. The lowest BCUT2D eigenvalue weighted by atomic mass is 10.1. The van der Waals surface area contributed by atoms with Gasteiger partial charge in [0, 0.05) is 11.1 Å². The van der Waals surface area contributed by atoms with Crippen LogP contribution in [-0.4, -0.2) is 30.9 Å². The SMILES string of the molecule is O=C(OCc1csc(Nc2ccccc2)n1)[C@H]1CCS(=O)(=O)C1. The molecule has 1 aromatic heterocycles. The lowest BCUT2D eigenvalue weighted by Gasteiger charge is -2.07. The van der Waals surface area contributed by atoms with Crippen LogP contribution in [0.2, 0.25) is 0 Å². The Balaban J connectivity index is 1.52. The van der Waals surface area contributed by atoms with Crippen molar-refractivity contribution in [2.45, 2.75) is 13.0 Å². The molecule has 122 valence electrons. The molecule has 1 fully saturated rings. The Labute approximate surface area is 138 Å². The summed E-state index contributed by atoms with van der Waals surface area (Å²) >= 11 is 1.42. The van der Waals surface area contributed by atoms with E-state index in [-0.39, 0.29) is 18.1 Å². The smallest absolute Gasteiger partial charge is 0.310 e. The number of thiazole rings is 1. The van der Waals surface area contributed by atoms with Gasteiger partial charge in [0.05, 0.1) is 23.1 Å². The van der Waals surface area contributed by atoms with Crippen molar-refractivity contribution >= 4 is 38.0 Å².